The van der Waals surface area contributed by atoms with E-state index in [1.807, 2.05) is 0 Å². The van der Waals surface area contributed by atoms with Crippen LogP contribution >= 0.6 is 7.80 Å². The van der Waals surface area contributed by atoms with Crippen molar-refractivity contribution in [3.63, 3.8) is 0 Å². The molecule has 0 rings (SSSR count). The smallest absolute Gasteiger partial charge is 0.0776 e. The highest BCUT2D eigenvalue weighted by atomic mass is 31.1. The van der Waals surface area contributed by atoms with Crippen LogP contribution < -0.4 is 0 Å². The predicted octanol–water partition coefficient (Wildman–Crippen LogP) is 2.80. The average molecular weight is 124 g/mol. The maximum absolute atomic E-state index is 9.59. The highest BCUT2D eigenvalue weighted by Gasteiger charge is 1.80. The molecule has 0 aliphatic heterocycles. The molecule has 0 unspecified atom stereocenters. The summed E-state index contributed by atoms with van der Waals surface area (Å²) in [5.41, 5.74) is 0. The Morgan fingerprint density at radius 1 is 1.14 bits per heavy atom. The fourth-order valence-corrected chi connectivity index (χ4v) is 0. The molecule has 0 aromatic heterocycles. The SMILES string of the molecule is C.C.C[P+](C)=O.[CH3+]. The van der Waals surface area contributed by atoms with Gasteiger partial charge in [-0.3, -0.25) is 0 Å². The predicted molar refractivity (Wildman–Crippen MR) is 39.3 cm³/mol. The fourth-order valence-electron chi connectivity index (χ4n) is 0. The van der Waals surface area contributed by atoms with Crippen LogP contribution in [0.4, 0.5) is 0 Å². The van der Waals surface area contributed by atoms with Crippen molar-refractivity contribution in [1.29, 1.82) is 0 Å². The van der Waals surface area contributed by atoms with Crippen molar-refractivity contribution in [3.8, 4) is 0 Å². The summed E-state index contributed by atoms with van der Waals surface area (Å²) in [5, 5.41) is 0. The molecular weight excluding hydrogens is 107 g/mol. The lowest BCUT2D eigenvalue weighted by Crippen LogP contribution is -1.33. The molecule has 2 heteroatoms. The zero-order valence-corrected chi connectivity index (χ0v) is 4.75. The molecule has 0 aromatic rings. The quantitative estimate of drug-likeness (QED) is 0.358. The minimum absolute atomic E-state index is 0. The van der Waals surface area contributed by atoms with Gasteiger partial charge in [-0.05, 0) is 0 Å². The average Bonchev–Trinajstić information content (AvgIpc) is 0.811. The molecule has 7 heavy (non-hydrogen) atoms. The Labute approximate surface area is 48.9 Å². The first kappa shape index (κ1) is 28.2. The van der Waals surface area contributed by atoms with Crippen molar-refractivity contribution in [2.45, 2.75) is 14.9 Å². The molecule has 0 N–H and O–H groups in total. The number of rotatable bonds is 0. The molecule has 0 aliphatic carbocycles. The Kier molecular flexibility index (Phi) is 67.3. The van der Waals surface area contributed by atoms with Crippen molar-refractivity contribution in [1.82, 2.24) is 0 Å². The Morgan fingerprint density at radius 2 is 1.14 bits per heavy atom. The Bertz CT molecular complexity index is 31.1. The van der Waals surface area contributed by atoms with Crippen LogP contribution in [0.25, 0.3) is 0 Å². The summed E-state index contributed by atoms with van der Waals surface area (Å²) in [7, 11) is -0.870. The first-order chi connectivity index (χ1) is 1.73. The summed E-state index contributed by atoms with van der Waals surface area (Å²) in [4.78, 5) is 0. The van der Waals surface area contributed by atoms with Gasteiger partial charge in [0.25, 0.3) is 0 Å². The zero-order valence-electron chi connectivity index (χ0n) is 3.86. The molecule has 0 atom stereocenters. The third-order valence-corrected chi connectivity index (χ3v) is 0. The Hall–Kier alpha value is -0.0300. The summed E-state index contributed by atoms with van der Waals surface area (Å²) < 4.78 is 9.59. The van der Waals surface area contributed by atoms with Gasteiger partial charge in [-0.2, -0.15) is 0 Å². The van der Waals surface area contributed by atoms with Crippen molar-refractivity contribution in [2.75, 3.05) is 13.3 Å². The van der Waals surface area contributed by atoms with Gasteiger partial charge < -0.3 is 0 Å². The van der Waals surface area contributed by atoms with Crippen LogP contribution in [0.2, 0.25) is 0 Å². The lowest BCUT2D eigenvalue weighted by molar-refractivity contribution is 0.594. The number of hydrogen-bond acceptors (Lipinski definition) is 1. The van der Waals surface area contributed by atoms with Gasteiger partial charge in [-0.15, -0.1) is 0 Å². The highest BCUT2D eigenvalue weighted by molar-refractivity contribution is 7.42. The van der Waals surface area contributed by atoms with Crippen LogP contribution in [0.3, 0.4) is 0 Å². The highest BCUT2D eigenvalue weighted by Crippen LogP contribution is 2.00. The van der Waals surface area contributed by atoms with Crippen LogP contribution in [-0.2, 0) is 4.57 Å². The second kappa shape index (κ2) is 16.7. The van der Waals surface area contributed by atoms with E-state index in [9.17, 15) is 4.57 Å². The van der Waals surface area contributed by atoms with E-state index in [0.717, 1.165) is 0 Å². The second-order valence-electron chi connectivity index (χ2n) is 0.812. The second-order valence-corrected chi connectivity index (χ2v) is 2.44. The molecule has 0 spiro atoms. The van der Waals surface area contributed by atoms with Gasteiger partial charge in [0.2, 0.25) is 0 Å². The third kappa shape index (κ3) is 105000. The van der Waals surface area contributed by atoms with E-state index in [1.165, 1.54) is 0 Å². The van der Waals surface area contributed by atoms with E-state index < -0.39 is 7.80 Å². The van der Waals surface area contributed by atoms with E-state index in [0.29, 0.717) is 0 Å². The summed E-state index contributed by atoms with van der Waals surface area (Å²) in [6.07, 6.45) is 0. The molecule has 0 saturated heterocycles. The standard InChI is InChI=1S/C2H6OP.2CH4.CH3/c1-4(2)3;;;/h1-2H3;2*1H4;1H3/q+1;;;+1. The molecule has 0 radical (unpaired) electrons. The largest absolute Gasteiger partial charge is 0.332 e. The molecule has 0 fully saturated rings. The van der Waals surface area contributed by atoms with Crippen molar-refractivity contribution >= 4 is 7.80 Å². The lowest BCUT2D eigenvalue weighted by atomic mass is 11.9. The van der Waals surface area contributed by atoms with Crippen LogP contribution in [0.5, 0.6) is 0 Å². The maximum Gasteiger partial charge on any atom is 0.332 e. The van der Waals surface area contributed by atoms with Crippen molar-refractivity contribution in [2.24, 2.45) is 0 Å². The van der Waals surface area contributed by atoms with Gasteiger partial charge in [-0.25, -0.2) is 0 Å². The molecule has 0 aromatic carbocycles. The number of hydrogen-bond donors (Lipinski definition) is 0. The fraction of sp³-hybridized carbons (Fsp3) is 0.800. The summed E-state index contributed by atoms with van der Waals surface area (Å²) in [6, 6.07) is 0. The Morgan fingerprint density at radius 3 is 1.14 bits per heavy atom. The van der Waals surface area contributed by atoms with Gasteiger partial charge in [0.15, 0.2) is 0 Å². The first-order valence-corrected chi connectivity index (χ1v) is 3.23. The van der Waals surface area contributed by atoms with Crippen LogP contribution in [0.15, 0.2) is 0 Å². The molecule has 1 nitrogen and oxygen atoms in total. The maximum atomic E-state index is 9.59. The summed E-state index contributed by atoms with van der Waals surface area (Å²) >= 11 is 0. The van der Waals surface area contributed by atoms with Gasteiger partial charge in [0.05, 0.1) is 0 Å². The molecule has 0 heterocycles. The zero-order chi connectivity index (χ0) is 3.58. The van der Waals surface area contributed by atoms with E-state index in [-0.39, 0.29) is 22.3 Å². The van der Waals surface area contributed by atoms with Crippen LogP contribution in [-0.4, -0.2) is 13.3 Å². The first-order valence-electron chi connectivity index (χ1n) is 1.08. The summed E-state index contributed by atoms with van der Waals surface area (Å²) in [6.45, 7) is 3.35. The Balaban J connectivity index is -0.0000000150. The molecule has 0 saturated carbocycles. The molecule has 0 amide bonds. The minimum atomic E-state index is -0.870. The lowest BCUT2D eigenvalue weighted by Gasteiger charge is -1.37. The molecule has 0 aliphatic rings. The van der Waals surface area contributed by atoms with Gasteiger partial charge in [-0.1, -0.05) is 19.4 Å². The molecular formula is C5H17OP+2. The molecule has 0 bridgehead atoms. The van der Waals surface area contributed by atoms with E-state index in [2.05, 4.69) is 0 Å². The van der Waals surface area contributed by atoms with Crippen molar-refractivity contribution in [3.05, 3.63) is 7.43 Å². The minimum Gasteiger partial charge on any atom is -0.0776 e. The van der Waals surface area contributed by atoms with E-state index >= 15 is 0 Å². The van der Waals surface area contributed by atoms with Gasteiger partial charge in [0, 0.05) is 7.43 Å². The van der Waals surface area contributed by atoms with Gasteiger partial charge in [0.1, 0.15) is 13.3 Å². The van der Waals surface area contributed by atoms with Crippen molar-refractivity contribution < 1.29 is 4.57 Å². The van der Waals surface area contributed by atoms with Crippen LogP contribution in [0, 0.1) is 7.43 Å². The summed E-state index contributed by atoms with van der Waals surface area (Å²) in [5.74, 6) is 0. The van der Waals surface area contributed by atoms with Crippen LogP contribution in [0.1, 0.15) is 14.9 Å². The monoisotopic (exact) mass is 124 g/mol. The topological polar surface area (TPSA) is 17.1 Å². The molecule has 46 valence electrons. The normalized spacial score (nSPS) is 3.71. The third-order valence-electron chi connectivity index (χ3n) is 0. The van der Waals surface area contributed by atoms with E-state index in [4.69, 9.17) is 0 Å². The van der Waals surface area contributed by atoms with Gasteiger partial charge >= 0.3 is 7.80 Å². The van der Waals surface area contributed by atoms with E-state index in [1.54, 1.807) is 13.3 Å².